The van der Waals surface area contributed by atoms with Crippen molar-refractivity contribution in [3.63, 3.8) is 0 Å². The fourth-order valence-electron chi connectivity index (χ4n) is 2.08. The van der Waals surface area contributed by atoms with Crippen LogP contribution in [-0.2, 0) is 10.9 Å². The fourth-order valence-corrected chi connectivity index (χ4v) is 3.01. The van der Waals surface area contributed by atoms with E-state index < -0.39 is 23.4 Å². The third kappa shape index (κ3) is 2.79. The summed E-state index contributed by atoms with van der Waals surface area (Å²) in [5.41, 5.74) is -1.25. The molecule has 5 nitrogen and oxygen atoms in total. The van der Waals surface area contributed by atoms with Crippen molar-refractivity contribution in [1.29, 1.82) is 0 Å². The number of hydrogen-bond acceptors (Lipinski definition) is 5. The third-order valence-electron chi connectivity index (χ3n) is 3.00. The maximum atomic E-state index is 13.4. The van der Waals surface area contributed by atoms with Crippen molar-refractivity contribution in [2.45, 2.75) is 13.1 Å². The van der Waals surface area contributed by atoms with E-state index in [1.807, 2.05) is 0 Å². The van der Waals surface area contributed by atoms with Crippen LogP contribution in [0, 0.1) is 0 Å². The number of carbonyl (C=O) groups is 1. The van der Waals surface area contributed by atoms with Crippen LogP contribution in [0.4, 0.5) is 13.2 Å². The van der Waals surface area contributed by atoms with E-state index in [1.165, 1.54) is 6.92 Å². The van der Waals surface area contributed by atoms with Crippen molar-refractivity contribution >= 4 is 27.5 Å². The zero-order valence-corrected chi connectivity index (χ0v) is 12.6. The minimum absolute atomic E-state index is 0.0253. The van der Waals surface area contributed by atoms with Crippen LogP contribution in [-0.4, -0.2) is 27.3 Å². The smallest absolute Gasteiger partial charge is 0.434 e. The average molecular weight is 341 g/mol. The van der Waals surface area contributed by atoms with Crippen LogP contribution < -0.4 is 0 Å². The Morgan fingerprint density at radius 2 is 2.09 bits per heavy atom. The molecule has 0 spiro atoms. The Kier molecular flexibility index (Phi) is 3.80. The number of nitrogens with zero attached hydrogens (tertiary/aromatic N) is 3. The lowest BCUT2D eigenvalue weighted by Crippen LogP contribution is -2.18. The topological polar surface area (TPSA) is 57.0 Å². The largest absolute Gasteiger partial charge is 0.462 e. The van der Waals surface area contributed by atoms with Gasteiger partial charge in [-0.05, 0) is 19.1 Å². The van der Waals surface area contributed by atoms with Gasteiger partial charge in [-0.3, -0.25) is 0 Å². The molecule has 0 unspecified atom stereocenters. The van der Waals surface area contributed by atoms with Gasteiger partial charge in [0.1, 0.15) is 5.56 Å². The number of ether oxygens (including phenoxy) is 1. The van der Waals surface area contributed by atoms with Crippen LogP contribution in [0.3, 0.4) is 0 Å². The highest BCUT2D eigenvalue weighted by molar-refractivity contribution is 7.20. The lowest BCUT2D eigenvalue weighted by molar-refractivity contribution is -0.143. The minimum atomic E-state index is -4.77. The lowest BCUT2D eigenvalue weighted by atomic mass is 10.2. The van der Waals surface area contributed by atoms with Gasteiger partial charge in [-0.1, -0.05) is 23.5 Å². The standard InChI is InChI=1S/C14H10F3N3O2S/c1-2-22-12(21)8-7-18-20(11(8)14(15,16)17)13-19-9-5-3-4-6-10(9)23-13/h3-7H,2H2,1H3. The summed E-state index contributed by atoms with van der Waals surface area (Å²) >= 11 is 1.06. The molecule has 0 radical (unpaired) electrons. The maximum Gasteiger partial charge on any atom is 0.434 e. The molecular weight excluding hydrogens is 331 g/mol. The minimum Gasteiger partial charge on any atom is -0.462 e. The molecule has 0 N–H and O–H groups in total. The number of rotatable bonds is 3. The number of benzene rings is 1. The summed E-state index contributed by atoms with van der Waals surface area (Å²) in [6, 6.07) is 6.95. The van der Waals surface area contributed by atoms with Gasteiger partial charge in [-0.25, -0.2) is 14.5 Å². The Morgan fingerprint density at radius 1 is 1.35 bits per heavy atom. The monoisotopic (exact) mass is 341 g/mol. The maximum absolute atomic E-state index is 13.4. The number of para-hydroxylation sites is 1. The first kappa shape index (κ1) is 15.5. The second-order valence-electron chi connectivity index (χ2n) is 4.50. The summed E-state index contributed by atoms with van der Waals surface area (Å²) in [6.07, 6.45) is -3.91. The summed E-state index contributed by atoms with van der Waals surface area (Å²) < 4.78 is 46.2. The van der Waals surface area contributed by atoms with E-state index in [-0.39, 0.29) is 11.7 Å². The van der Waals surface area contributed by atoms with Crippen molar-refractivity contribution in [3.8, 4) is 5.13 Å². The molecule has 0 aliphatic heterocycles. The molecule has 3 aromatic rings. The molecule has 23 heavy (non-hydrogen) atoms. The highest BCUT2D eigenvalue weighted by atomic mass is 32.1. The third-order valence-corrected chi connectivity index (χ3v) is 4.01. The van der Waals surface area contributed by atoms with Crippen LogP contribution in [0.2, 0.25) is 0 Å². The normalized spacial score (nSPS) is 11.8. The Labute approximate surface area is 132 Å². The van der Waals surface area contributed by atoms with Crippen LogP contribution >= 0.6 is 11.3 Å². The van der Waals surface area contributed by atoms with Crippen molar-refractivity contribution in [3.05, 3.63) is 41.7 Å². The molecule has 2 heterocycles. The zero-order chi connectivity index (χ0) is 16.6. The Morgan fingerprint density at radius 3 is 2.74 bits per heavy atom. The number of aromatic nitrogens is 3. The Balaban J connectivity index is 2.17. The van der Waals surface area contributed by atoms with Gasteiger partial charge in [-0.15, -0.1) is 0 Å². The van der Waals surface area contributed by atoms with E-state index in [0.717, 1.165) is 22.2 Å². The molecule has 3 rings (SSSR count). The van der Waals surface area contributed by atoms with Gasteiger partial charge in [0.05, 0.1) is 23.0 Å². The quantitative estimate of drug-likeness (QED) is 0.682. The number of thiazole rings is 1. The van der Waals surface area contributed by atoms with Crippen LogP contribution in [0.15, 0.2) is 30.5 Å². The fraction of sp³-hybridized carbons (Fsp3) is 0.214. The molecule has 0 saturated heterocycles. The molecular formula is C14H10F3N3O2S. The first-order valence-corrected chi connectivity index (χ1v) is 7.41. The number of esters is 1. The Bertz CT molecular complexity index is 837. The molecule has 0 aliphatic carbocycles. The zero-order valence-electron chi connectivity index (χ0n) is 11.8. The predicted octanol–water partition coefficient (Wildman–Crippen LogP) is 3.68. The van der Waals surface area contributed by atoms with Gasteiger partial charge in [0, 0.05) is 0 Å². The highest BCUT2D eigenvalue weighted by Crippen LogP contribution is 2.35. The highest BCUT2D eigenvalue weighted by Gasteiger charge is 2.41. The van der Waals surface area contributed by atoms with E-state index in [9.17, 15) is 18.0 Å². The van der Waals surface area contributed by atoms with Crippen molar-refractivity contribution in [2.24, 2.45) is 0 Å². The second kappa shape index (κ2) is 5.65. The van der Waals surface area contributed by atoms with Crippen molar-refractivity contribution in [2.75, 3.05) is 6.61 Å². The first-order chi connectivity index (χ1) is 10.9. The van der Waals surface area contributed by atoms with Crippen molar-refractivity contribution in [1.82, 2.24) is 14.8 Å². The molecule has 9 heteroatoms. The predicted molar refractivity (Wildman–Crippen MR) is 77.7 cm³/mol. The van der Waals surface area contributed by atoms with Gasteiger partial charge < -0.3 is 4.74 Å². The van der Waals surface area contributed by atoms with Gasteiger partial charge >= 0.3 is 12.1 Å². The van der Waals surface area contributed by atoms with E-state index in [1.54, 1.807) is 24.3 Å². The lowest BCUT2D eigenvalue weighted by Gasteiger charge is -2.10. The van der Waals surface area contributed by atoms with E-state index in [0.29, 0.717) is 10.2 Å². The van der Waals surface area contributed by atoms with Crippen LogP contribution in [0.5, 0.6) is 0 Å². The average Bonchev–Trinajstić information content (AvgIpc) is 3.10. The summed E-state index contributed by atoms with van der Waals surface area (Å²) in [5.74, 6) is -1.06. The number of alkyl halides is 3. The number of carbonyl (C=O) groups excluding carboxylic acids is 1. The van der Waals surface area contributed by atoms with Gasteiger partial charge in [0.25, 0.3) is 0 Å². The number of fused-ring (bicyclic) bond motifs is 1. The summed E-state index contributed by atoms with van der Waals surface area (Å²) in [7, 11) is 0. The molecule has 1 aromatic carbocycles. The SMILES string of the molecule is CCOC(=O)c1cnn(-c2nc3ccccc3s2)c1C(F)(F)F. The first-order valence-electron chi connectivity index (χ1n) is 6.60. The molecule has 0 aliphatic rings. The molecule has 0 atom stereocenters. The van der Waals surface area contributed by atoms with Gasteiger partial charge in [0.15, 0.2) is 5.69 Å². The molecule has 2 aromatic heterocycles. The number of halogens is 3. The second-order valence-corrected chi connectivity index (χ2v) is 5.51. The number of hydrogen-bond donors (Lipinski definition) is 0. The van der Waals surface area contributed by atoms with E-state index in [2.05, 4.69) is 14.8 Å². The molecule has 0 bridgehead atoms. The van der Waals surface area contributed by atoms with E-state index in [4.69, 9.17) is 0 Å². The van der Waals surface area contributed by atoms with Crippen LogP contribution in [0.25, 0.3) is 15.3 Å². The van der Waals surface area contributed by atoms with Crippen LogP contribution in [0.1, 0.15) is 23.0 Å². The van der Waals surface area contributed by atoms with Gasteiger partial charge in [-0.2, -0.15) is 18.3 Å². The summed E-state index contributed by atoms with van der Waals surface area (Å²) in [6.45, 7) is 1.49. The molecule has 0 saturated carbocycles. The Hall–Kier alpha value is -2.42. The molecule has 0 amide bonds. The summed E-state index contributed by atoms with van der Waals surface area (Å²) in [5, 5.41) is 3.73. The van der Waals surface area contributed by atoms with Gasteiger partial charge in [0.2, 0.25) is 5.13 Å². The molecule has 120 valence electrons. The van der Waals surface area contributed by atoms with Crippen molar-refractivity contribution < 1.29 is 22.7 Å². The van der Waals surface area contributed by atoms with E-state index >= 15 is 0 Å². The molecule has 0 fully saturated rings. The summed E-state index contributed by atoms with van der Waals surface area (Å²) in [4.78, 5) is 15.9.